The number of guanidine groups is 1. The molecule has 9 heteroatoms. The maximum atomic E-state index is 13.5. The molecule has 0 aliphatic carbocycles. The van der Waals surface area contributed by atoms with Crippen molar-refractivity contribution in [3.63, 3.8) is 0 Å². The molecular weight excluding hydrogens is 482 g/mol. The monoisotopic (exact) mass is 515 g/mol. The number of fused-ring (bicyclic) bond motifs is 2. The highest BCUT2D eigenvalue weighted by Gasteiger charge is 2.32. The highest BCUT2D eigenvalue weighted by molar-refractivity contribution is 6.09. The first-order valence-corrected chi connectivity index (χ1v) is 12.8. The normalized spacial score (nSPS) is 13.4. The van der Waals surface area contributed by atoms with E-state index in [0.29, 0.717) is 24.3 Å². The lowest BCUT2D eigenvalue weighted by Crippen LogP contribution is -2.40. The van der Waals surface area contributed by atoms with Gasteiger partial charge in [-0.3, -0.25) is 19.4 Å². The van der Waals surface area contributed by atoms with E-state index in [1.165, 1.54) is 4.90 Å². The number of unbranched alkanes of at least 4 members (excludes halogenated alkanes) is 2. The summed E-state index contributed by atoms with van der Waals surface area (Å²) in [7, 11) is 0. The number of aliphatic imine (C=N–C) groups is 1. The SMILES string of the molecule is NC(N)=NCCCCCc1ccc2c(c1)C(=O)N(CCC(=O)O)CC(=O)N2Cc1ccc2ccccc2c1. The van der Waals surface area contributed by atoms with Gasteiger partial charge >= 0.3 is 5.97 Å². The van der Waals surface area contributed by atoms with E-state index in [1.807, 2.05) is 60.7 Å². The number of anilines is 1. The third-order valence-corrected chi connectivity index (χ3v) is 6.66. The van der Waals surface area contributed by atoms with Gasteiger partial charge < -0.3 is 26.4 Å². The van der Waals surface area contributed by atoms with Gasteiger partial charge in [0.2, 0.25) is 5.91 Å². The lowest BCUT2D eigenvalue weighted by Gasteiger charge is -2.23. The smallest absolute Gasteiger partial charge is 0.305 e. The summed E-state index contributed by atoms with van der Waals surface area (Å²) in [5.41, 5.74) is 13.6. The molecule has 0 saturated heterocycles. The average molecular weight is 516 g/mol. The van der Waals surface area contributed by atoms with Crippen LogP contribution < -0.4 is 16.4 Å². The summed E-state index contributed by atoms with van der Waals surface area (Å²) in [6.45, 7) is 0.683. The number of carbonyl (C=O) groups is 3. The van der Waals surface area contributed by atoms with Crippen LogP contribution in [-0.2, 0) is 22.6 Å². The van der Waals surface area contributed by atoms with Crippen molar-refractivity contribution in [1.82, 2.24) is 4.90 Å². The quantitative estimate of drug-likeness (QED) is 0.203. The van der Waals surface area contributed by atoms with Crippen LogP contribution in [0.5, 0.6) is 0 Å². The van der Waals surface area contributed by atoms with E-state index in [1.54, 1.807) is 4.90 Å². The van der Waals surface area contributed by atoms with E-state index in [4.69, 9.17) is 11.5 Å². The lowest BCUT2D eigenvalue weighted by atomic mass is 10.0. The second-order valence-electron chi connectivity index (χ2n) is 9.50. The minimum absolute atomic E-state index is 0.0296. The van der Waals surface area contributed by atoms with Gasteiger partial charge in [-0.2, -0.15) is 0 Å². The number of amides is 2. The zero-order chi connectivity index (χ0) is 27.1. The molecule has 38 heavy (non-hydrogen) atoms. The molecule has 2 amide bonds. The van der Waals surface area contributed by atoms with Crippen LogP contribution >= 0.6 is 0 Å². The Labute approximate surface area is 221 Å². The number of aliphatic carboxylic acids is 1. The van der Waals surface area contributed by atoms with Gasteiger partial charge in [0.15, 0.2) is 5.96 Å². The fourth-order valence-electron chi connectivity index (χ4n) is 4.70. The maximum Gasteiger partial charge on any atom is 0.305 e. The minimum atomic E-state index is -1.02. The van der Waals surface area contributed by atoms with Gasteiger partial charge in [0, 0.05) is 13.1 Å². The molecule has 4 rings (SSSR count). The molecule has 198 valence electrons. The van der Waals surface area contributed by atoms with Crippen LogP contribution in [0, 0.1) is 0 Å². The van der Waals surface area contributed by atoms with Gasteiger partial charge in [-0.05, 0) is 59.4 Å². The summed E-state index contributed by atoms with van der Waals surface area (Å²) in [6.07, 6.45) is 3.22. The van der Waals surface area contributed by atoms with Crippen molar-refractivity contribution in [1.29, 1.82) is 0 Å². The minimum Gasteiger partial charge on any atom is -0.481 e. The number of nitrogens with two attached hydrogens (primary N) is 2. The lowest BCUT2D eigenvalue weighted by molar-refractivity contribution is -0.137. The molecule has 0 fully saturated rings. The third-order valence-electron chi connectivity index (χ3n) is 6.66. The fraction of sp³-hybridized carbons (Fsp3) is 0.310. The van der Waals surface area contributed by atoms with Crippen LogP contribution in [0.25, 0.3) is 10.8 Å². The van der Waals surface area contributed by atoms with Gasteiger partial charge in [0.1, 0.15) is 6.54 Å². The predicted molar refractivity (Wildman–Crippen MR) is 148 cm³/mol. The summed E-state index contributed by atoms with van der Waals surface area (Å²) >= 11 is 0. The van der Waals surface area contributed by atoms with Gasteiger partial charge in [-0.1, -0.05) is 48.9 Å². The van der Waals surface area contributed by atoms with E-state index in [9.17, 15) is 19.5 Å². The first kappa shape index (κ1) is 26.7. The number of benzene rings is 3. The van der Waals surface area contributed by atoms with Crippen molar-refractivity contribution < 1.29 is 19.5 Å². The van der Waals surface area contributed by atoms with Crippen LogP contribution in [0.3, 0.4) is 0 Å². The number of carbonyl (C=O) groups excluding carboxylic acids is 2. The van der Waals surface area contributed by atoms with E-state index in [-0.39, 0.29) is 37.3 Å². The van der Waals surface area contributed by atoms with Crippen LogP contribution in [0.1, 0.15) is 47.2 Å². The predicted octanol–water partition coefficient (Wildman–Crippen LogP) is 3.29. The number of aryl methyl sites for hydroxylation is 1. The molecule has 0 unspecified atom stereocenters. The Morgan fingerprint density at radius 3 is 2.45 bits per heavy atom. The van der Waals surface area contributed by atoms with E-state index in [2.05, 4.69) is 4.99 Å². The molecule has 5 N–H and O–H groups in total. The molecule has 9 nitrogen and oxygen atoms in total. The Hall–Kier alpha value is -4.40. The molecule has 1 aliphatic rings. The zero-order valence-electron chi connectivity index (χ0n) is 21.3. The first-order chi connectivity index (χ1) is 18.3. The van der Waals surface area contributed by atoms with E-state index in [0.717, 1.165) is 47.6 Å². The summed E-state index contributed by atoms with van der Waals surface area (Å²) in [6, 6.07) is 19.7. The first-order valence-electron chi connectivity index (χ1n) is 12.8. The highest BCUT2D eigenvalue weighted by atomic mass is 16.4. The molecule has 3 aromatic carbocycles. The Morgan fingerprint density at radius 2 is 1.68 bits per heavy atom. The summed E-state index contributed by atoms with van der Waals surface area (Å²) < 4.78 is 0. The van der Waals surface area contributed by atoms with Gasteiger partial charge in [0.05, 0.1) is 24.2 Å². The molecule has 1 heterocycles. The van der Waals surface area contributed by atoms with Crippen molar-refractivity contribution in [2.75, 3.05) is 24.5 Å². The van der Waals surface area contributed by atoms with Crippen LogP contribution in [0.15, 0.2) is 65.7 Å². The van der Waals surface area contributed by atoms with Crippen LogP contribution in [0.2, 0.25) is 0 Å². The van der Waals surface area contributed by atoms with E-state index >= 15 is 0 Å². The number of rotatable bonds is 11. The van der Waals surface area contributed by atoms with Crippen LogP contribution in [-0.4, -0.2) is 53.4 Å². The van der Waals surface area contributed by atoms with Crippen molar-refractivity contribution in [2.45, 2.75) is 38.6 Å². The second-order valence-corrected chi connectivity index (χ2v) is 9.50. The number of nitrogens with zero attached hydrogens (tertiary/aromatic N) is 3. The number of hydrogen-bond acceptors (Lipinski definition) is 4. The Kier molecular flexibility index (Phi) is 8.58. The van der Waals surface area contributed by atoms with Gasteiger partial charge in [-0.15, -0.1) is 0 Å². The van der Waals surface area contributed by atoms with Crippen molar-refractivity contribution >= 4 is 40.2 Å². The summed E-state index contributed by atoms with van der Waals surface area (Å²) in [5, 5.41) is 11.4. The molecule has 0 atom stereocenters. The molecule has 0 saturated carbocycles. The summed E-state index contributed by atoms with van der Waals surface area (Å²) in [4.78, 5) is 45.1. The summed E-state index contributed by atoms with van der Waals surface area (Å²) in [5.74, 6) is -1.50. The Morgan fingerprint density at radius 1 is 0.921 bits per heavy atom. The highest BCUT2D eigenvalue weighted by Crippen LogP contribution is 2.30. The number of carboxylic acids is 1. The largest absolute Gasteiger partial charge is 0.481 e. The molecule has 3 aromatic rings. The molecular formula is C29H33N5O4. The molecule has 0 bridgehead atoms. The third kappa shape index (κ3) is 6.67. The molecule has 1 aliphatic heterocycles. The topological polar surface area (TPSA) is 142 Å². The Bertz CT molecular complexity index is 1370. The van der Waals surface area contributed by atoms with Crippen LogP contribution in [0.4, 0.5) is 5.69 Å². The maximum absolute atomic E-state index is 13.5. The van der Waals surface area contributed by atoms with Crippen molar-refractivity contribution in [2.24, 2.45) is 16.5 Å². The number of hydrogen-bond donors (Lipinski definition) is 3. The van der Waals surface area contributed by atoms with Gasteiger partial charge in [0.25, 0.3) is 5.91 Å². The van der Waals surface area contributed by atoms with Gasteiger partial charge in [-0.25, -0.2) is 0 Å². The molecule has 0 aromatic heterocycles. The average Bonchev–Trinajstić information content (AvgIpc) is 2.99. The van der Waals surface area contributed by atoms with Crippen molar-refractivity contribution in [3.8, 4) is 0 Å². The number of carboxylic acid groups (broad SMARTS) is 1. The van der Waals surface area contributed by atoms with E-state index < -0.39 is 5.97 Å². The Balaban J connectivity index is 1.59. The fourth-order valence-corrected chi connectivity index (χ4v) is 4.70. The zero-order valence-corrected chi connectivity index (χ0v) is 21.3. The second kappa shape index (κ2) is 12.2. The molecule has 0 radical (unpaired) electrons. The van der Waals surface area contributed by atoms with Crippen molar-refractivity contribution in [3.05, 3.63) is 77.4 Å². The molecule has 0 spiro atoms. The standard InChI is InChI=1S/C29H33N5O4/c30-29(31)32-14-5-1-2-6-20-10-12-25-24(17-20)28(38)33(15-13-27(36)37)19-26(35)34(25)18-21-9-11-22-7-3-4-8-23(22)16-21/h3-4,7-12,16-17H,1-2,5-6,13-15,18-19H2,(H,36,37)(H4,30,31,32).